The molecule has 0 aromatic carbocycles. The summed E-state index contributed by atoms with van der Waals surface area (Å²) in [4.78, 5) is 5.92. The lowest BCUT2D eigenvalue weighted by Gasteiger charge is -2.33. The molecule has 0 unspecified atom stereocenters. The second-order valence-corrected chi connectivity index (χ2v) is 5.80. The predicted molar refractivity (Wildman–Crippen MR) is 78.5 cm³/mol. The number of piperidine rings is 1. The number of imidazole rings is 1. The molecule has 7 nitrogen and oxygen atoms in total. The largest absolute Gasteiger partial charge is 0.416 e. The molecule has 1 saturated heterocycles. The van der Waals surface area contributed by atoms with Gasteiger partial charge in [0.15, 0.2) is 0 Å². The fourth-order valence-electron chi connectivity index (χ4n) is 3.12. The predicted octanol–water partition coefficient (Wildman–Crippen LogP) is 2.18. The second kappa shape index (κ2) is 5.46. The van der Waals surface area contributed by atoms with Crippen molar-refractivity contribution in [2.24, 2.45) is 0 Å². The van der Waals surface area contributed by atoms with Crippen molar-refractivity contribution in [2.75, 3.05) is 18.0 Å². The van der Waals surface area contributed by atoms with Gasteiger partial charge in [-0.3, -0.25) is 4.40 Å². The maximum Gasteiger partial charge on any atom is 0.416 e. The van der Waals surface area contributed by atoms with Crippen LogP contribution in [0.3, 0.4) is 0 Å². The lowest BCUT2D eigenvalue weighted by Crippen LogP contribution is -2.36. The molecule has 126 valence electrons. The van der Waals surface area contributed by atoms with E-state index < -0.39 is 11.7 Å². The van der Waals surface area contributed by atoms with Gasteiger partial charge in [-0.25, -0.2) is 9.67 Å². The van der Waals surface area contributed by atoms with Crippen molar-refractivity contribution in [1.29, 1.82) is 0 Å². The first-order chi connectivity index (χ1) is 11.5. The van der Waals surface area contributed by atoms with E-state index in [0.29, 0.717) is 24.4 Å². The zero-order valence-electron chi connectivity index (χ0n) is 12.6. The maximum atomic E-state index is 13.1. The molecule has 4 rings (SSSR count). The molecule has 1 fully saturated rings. The lowest BCUT2D eigenvalue weighted by molar-refractivity contribution is -0.137. The van der Waals surface area contributed by atoms with Crippen LogP contribution in [0.2, 0.25) is 0 Å². The maximum absolute atomic E-state index is 13.1. The Morgan fingerprint density at radius 1 is 1.08 bits per heavy atom. The zero-order valence-corrected chi connectivity index (χ0v) is 12.6. The monoisotopic (exact) mass is 337 g/mol. The van der Waals surface area contributed by atoms with Crippen molar-refractivity contribution >= 4 is 11.3 Å². The molecular weight excluding hydrogens is 323 g/mol. The normalized spacial score (nSPS) is 16.9. The smallest absolute Gasteiger partial charge is 0.358 e. The Bertz CT molecular complexity index is 832. The fraction of sp³-hybridized carbons (Fsp3) is 0.429. The van der Waals surface area contributed by atoms with E-state index >= 15 is 0 Å². The SMILES string of the molecule is FC(F)(F)c1cc(N2CCC(n3cnnn3)CC2)n2cncc2c1. The summed E-state index contributed by atoms with van der Waals surface area (Å²) in [5.74, 6) is 0.507. The van der Waals surface area contributed by atoms with Gasteiger partial charge in [0.2, 0.25) is 0 Å². The van der Waals surface area contributed by atoms with Crippen LogP contribution in [-0.2, 0) is 6.18 Å². The number of hydrogen-bond acceptors (Lipinski definition) is 5. The Hall–Kier alpha value is -2.65. The van der Waals surface area contributed by atoms with Gasteiger partial charge in [0, 0.05) is 13.1 Å². The van der Waals surface area contributed by atoms with E-state index in [1.54, 1.807) is 15.4 Å². The number of fused-ring (bicyclic) bond motifs is 1. The standard InChI is InChI=1S/C14H14F3N7/c15-14(16,17)10-5-12-7-18-8-23(12)13(6-10)22-3-1-11(2-4-22)24-9-19-20-21-24/h5-9,11H,1-4H2. The number of hydrogen-bond donors (Lipinski definition) is 0. The van der Waals surface area contributed by atoms with Gasteiger partial charge in [-0.05, 0) is 35.4 Å². The van der Waals surface area contributed by atoms with Gasteiger partial charge in [0.1, 0.15) is 18.5 Å². The van der Waals surface area contributed by atoms with Gasteiger partial charge in [-0.2, -0.15) is 13.2 Å². The molecule has 0 aliphatic carbocycles. The van der Waals surface area contributed by atoms with E-state index in [2.05, 4.69) is 20.5 Å². The van der Waals surface area contributed by atoms with E-state index in [1.165, 1.54) is 18.6 Å². The van der Waals surface area contributed by atoms with E-state index in [9.17, 15) is 13.2 Å². The molecule has 0 atom stereocenters. The molecule has 0 bridgehead atoms. The van der Waals surface area contributed by atoms with Crippen molar-refractivity contribution in [3.8, 4) is 0 Å². The van der Waals surface area contributed by atoms with Crippen LogP contribution in [0.1, 0.15) is 24.4 Å². The molecule has 3 aromatic heterocycles. The van der Waals surface area contributed by atoms with Crippen molar-refractivity contribution < 1.29 is 13.2 Å². The van der Waals surface area contributed by atoms with Crippen molar-refractivity contribution in [3.05, 3.63) is 36.5 Å². The quantitative estimate of drug-likeness (QED) is 0.717. The Balaban J connectivity index is 1.63. The molecule has 0 spiro atoms. The van der Waals surface area contributed by atoms with Crippen molar-refractivity contribution in [2.45, 2.75) is 25.1 Å². The van der Waals surface area contributed by atoms with Crippen LogP contribution in [-0.4, -0.2) is 42.7 Å². The first kappa shape index (κ1) is 14.9. The van der Waals surface area contributed by atoms with Crippen LogP contribution in [0.5, 0.6) is 0 Å². The summed E-state index contributed by atoms with van der Waals surface area (Å²) >= 11 is 0. The minimum absolute atomic E-state index is 0.167. The van der Waals surface area contributed by atoms with Crippen molar-refractivity contribution in [1.82, 2.24) is 29.6 Å². The molecule has 4 heterocycles. The summed E-state index contributed by atoms with van der Waals surface area (Å²) in [6, 6.07) is 2.47. The molecule has 0 saturated carbocycles. The lowest BCUT2D eigenvalue weighted by atomic mass is 10.1. The number of alkyl halides is 3. The van der Waals surface area contributed by atoms with Crippen LogP contribution in [0.15, 0.2) is 31.0 Å². The molecule has 10 heteroatoms. The van der Waals surface area contributed by atoms with Crippen LogP contribution < -0.4 is 4.90 Å². The highest BCUT2D eigenvalue weighted by Crippen LogP contribution is 2.34. The average Bonchev–Trinajstić information content (AvgIpc) is 3.24. The van der Waals surface area contributed by atoms with E-state index in [0.717, 1.165) is 18.9 Å². The van der Waals surface area contributed by atoms with Crippen LogP contribution in [0.25, 0.3) is 5.52 Å². The van der Waals surface area contributed by atoms with Crippen LogP contribution in [0.4, 0.5) is 19.0 Å². The average molecular weight is 337 g/mol. The summed E-state index contributed by atoms with van der Waals surface area (Å²) in [5, 5.41) is 11.2. The van der Waals surface area contributed by atoms with E-state index in [4.69, 9.17) is 0 Å². The number of nitrogens with zero attached hydrogens (tertiary/aromatic N) is 7. The number of pyridine rings is 1. The molecular formula is C14H14F3N7. The second-order valence-electron chi connectivity index (χ2n) is 5.80. The molecule has 1 aliphatic heterocycles. The summed E-state index contributed by atoms with van der Waals surface area (Å²) < 4.78 is 42.8. The fourth-order valence-corrected chi connectivity index (χ4v) is 3.12. The minimum atomic E-state index is -4.38. The van der Waals surface area contributed by atoms with Gasteiger partial charge < -0.3 is 4.90 Å². The highest BCUT2D eigenvalue weighted by molar-refractivity contribution is 5.58. The third-order valence-electron chi connectivity index (χ3n) is 4.36. The summed E-state index contributed by atoms with van der Waals surface area (Å²) in [6.45, 7) is 1.25. The van der Waals surface area contributed by atoms with Gasteiger partial charge in [-0.15, -0.1) is 5.10 Å². The Labute approximate surface area is 134 Å². The number of aromatic nitrogens is 6. The molecule has 24 heavy (non-hydrogen) atoms. The first-order valence-corrected chi connectivity index (χ1v) is 7.53. The summed E-state index contributed by atoms with van der Waals surface area (Å²) in [6.07, 6.45) is 1.68. The third-order valence-corrected chi connectivity index (χ3v) is 4.36. The number of tetrazole rings is 1. The van der Waals surface area contributed by atoms with Gasteiger partial charge in [-0.1, -0.05) is 0 Å². The topological polar surface area (TPSA) is 64.1 Å². The molecule has 1 aliphatic rings. The van der Waals surface area contributed by atoms with Gasteiger partial charge >= 0.3 is 6.18 Å². The van der Waals surface area contributed by atoms with E-state index in [-0.39, 0.29) is 6.04 Å². The van der Waals surface area contributed by atoms with Gasteiger partial charge in [0.25, 0.3) is 0 Å². The molecule has 0 N–H and O–H groups in total. The molecule has 3 aromatic rings. The summed E-state index contributed by atoms with van der Waals surface area (Å²) in [7, 11) is 0. The third kappa shape index (κ3) is 2.57. The summed E-state index contributed by atoms with van der Waals surface area (Å²) in [5.41, 5.74) is -0.226. The molecule has 0 radical (unpaired) electrons. The Kier molecular flexibility index (Phi) is 3.39. The highest BCUT2D eigenvalue weighted by atomic mass is 19.4. The first-order valence-electron chi connectivity index (χ1n) is 7.53. The Morgan fingerprint density at radius 3 is 2.54 bits per heavy atom. The molecule has 0 amide bonds. The highest BCUT2D eigenvalue weighted by Gasteiger charge is 2.33. The van der Waals surface area contributed by atoms with Crippen molar-refractivity contribution in [3.63, 3.8) is 0 Å². The van der Waals surface area contributed by atoms with E-state index in [1.807, 2.05) is 4.90 Å². The van der Waals surface area contributed by atoms with Crippen LogP contribution >= 0.6 is 0 Å². The number of halogens is 3. The minimum Gasteiger partial charge on any atom is -0.358 e. The number of rotatable bonds is 2. The Morgan fingerprint density at radius 2 is 1.88 bits per heavy atom. The van der Waals surface area contributed by atoms with Gasteiger partial charge in [0.05, 0.1) is 23.3 Å². The zero-order chi connectivity index (χ0) is 16.7. The van der Waals surface area contributed by atoms with Crippen LogP contribution in [0, 0.1) is 0 Å². The number of anilines is 1.